The van der Waals surface area contributed by atoms with E-state index in [1.54, 1.807) is 0 Å². The van der Waals surface area contributed by atoms with Crippen LogP contribution in [0.4, 0.5) is 23.4 Å². The highest BCUT2D eigenvalue weighted by atomic mass is 35.5. The lowest BCUT2D eigenvalue weighted by Crippen LogP contribution is -2.55. The summed E-state index contributed by atoms with van der Waals surface area (Å²) in [5.41, 5.74) is -1.18. The number of rotatable bonds is 6. The molecule has 0 radical (unpaired) electrons. The van der Waals surface area contributed by atoms with Crippen molar-refractivity contribution in [3.8, 4) is 11.1 Å². The normalized spacial score (nSPS) is 21.5. The molecule has 3 aromatic rings. The molecule has 1 aromatic heterocycles. The van der Waals surface area contributed by atoms with Crippen molar-refractivity contribution in [1.82, 2.24) is 14.9 Å². The van der Waals surface area contributed by atoms with Crippen LogP contribution in [-0.4, -0.2) is 61.0 Å². The predicted octanol–water partition coefficient (Wildman–Crippen LogP) is 5.33. The van der Waals surface area contributed by atoms with Crippen LogP contribution in [0, 0.1) is 5.82 Å². The van der Waals surface area contributed by atoms with Crippen LogP contribution in [0.15, 0.2) is 34.0 Å². The monoisotopic (exact) mass is 586 g/mol. The maximum Gasteiger partial charge on any atom is 0.417 e. The number of piperazine rings is 1. The number of anilines is 1. The molecule has 1 saturated heterocycles. The van der Waals surface area contributed by atoms with E-state index in [-0.39, 0.29) is 63.5 Å². The van der Waals surface area contributed by atoms with Gasteiger partial charge in [0.05, 0.1) is 28.8 Å². The van der Waals surface area contributed by atoms with Crippen molar-refractivity contribution < 1.29 is 27.0 Å². The fourth-order valence-corrected chi connectivity index (χ4v) is 6.89. The van der Waals surface area contributed by atoms with E-state index in [1.807, 2.05) is 18.7 Å². The molecule has 0 bridgehead atoms. The highest BCUT2D eigenvalue weighted by Crippen LogP contribution is 2.50. The molecular formula is C26H27ClF4N4O3S. The number of alkyl halides is 3. The van der Waals surface area contributed by atoms with Gasteiger partial charge in [0, 0.05) is 53.9 Å². The molecule has 0 aliphatic carbocycles. The van der Waals surface area contributed by atoms with Crippen LogP contribution in [-0.2, 0) is 15.7 Å². The van der Waals surface area contributed by atoms with E-state index in [2.05, 4.69) is 10.3 Å². The average Bonchev–Trinajstić information content (AvgIpc) is 2.86. The molecule has 0 unspecified atom stereocenters. The van der Waals surface area contributed by atoms with Gasteiger partial charge in [-0.15, -0.1) is 11.8 Å². The third kappa shape index (κ3) is 5.37. The molecule has 5 rings (SSSR count). The van der Waals surface area contributed by atoms with Gasteiger partial charge >= 0.3 is 11.9 Å². The Labute approximate surface area is 231 Å². The van der Waals surface area contributed by atoms with E-state index < -0.39 is 29.3 Å². The second kappa shape index (κ2) is 10.9. The lowest BCUT2D eigenvalue weighted by Gasteiger charge is -2.38. The summed E-state index contributed by atoms with van der Waals surface area (Å²) in [7, 11) is 1.47. The zero-order valence-corrected chi connectivity index (χ0v) is 23.0. The van der Waals surface area contributed by atoms with Gasteiger partial charge in [-0.2, -0.15) is 18.2 Å². The first-order valence-corrected chi connectivity index (χ1v) is 13.7. The van der Waals surface area contributed by atoms with Crippen LogP contribution in [0.5, 0.6) is 0 Å². The van der Waals surface area contributed by atoms with Crippen molar-refractivity contribution in [2.24, 2.45) is 0 Å². The molecule has 1 fully saturated rings. The van der Waals surface area contributed by atoms with Crippen molar-refractivity contribution in [1.29, 1.82) is 0 Å². The Morgan fingerprint density at radius 2 is 1.92 bits per heavy atom. The summed E-state index contributed by atoms with van der Waals surface area (Å²) in [6.45, 7) is 4.98. The molecule has 7 nitrogen and oxygen atoms in total. The Hall–Kier alpha value is -2.38. The number of benzene rings is 2. The summed E-state index contributed by atoms with van der Waals surface area (Å²) in [5, 5.41) is 3.32. The van der Waals surface area contributed by atoms with Crippen molar-refractivity contribution in [3.05, 3.63) is 51.2 Å². The van der Waals surface area contributed by atoms with E-state index in [4.69, 9.17) is 21.1 Å². The quantitative estimate of drug-likeness (QED) is 0.238. The van der Waals surface area contributed by atoms with E-state index in [0.717, 1.165) is 12.1 Å². The van der Waals surface area contributed by atoms with Gasteiger partial charge in [-0.25, -0.2) is 9.18 Å². The summed E-state index contributed by atoms with van der Waals surface area (Å²) in [6, 6.07) is 4.13. The molecule has 2 aromatic carbocycles. The van der Waals surface area contributed by atoms with E-state index >= 15 is 0 Å². The first kappa shape index (κ1) is 28.2. The molecule has 2 aliphatic rings. The maximum absolute atomic E-state index is 14.7. The van der Waals surface area contributed by atoms with Crippen molar-refractivity contribution in [2.75, 3.05) is 44.3 Å². The van der Waals surface area contributed by atoms with Crippen LogP contribution < -0.4 is 15.9 Å². The Kier molecular flexibility index (Phi) is 7.86. The van der Waals surface area contributed by atoms with Gasteiger partial charge in [-0.1, -0.05) is 17.7 Å². The second-order valence-corrected chi connectivity index (χ2v) is 11.3. The molecule has 3 heterocycles. The van der Waals surface area contributed by atoms with Gasteiger partial charge in [0.2, 0.25) is 0 Å². The third-order valence-electron chi connectivity index (χ3n) is 6.81. The Balaban J connectivity index is 1.84. The summed E-state index contributed by atoms with van der Waals surface area (Å²) in [6.07, 6.45) is -4.75. The van der Waals surface area contributed by atoms with Crippen LogP contribution in [0.2, 0.25) is 5.02 Å². The fraction of sp³-hybridized carbons (Fsp3) is 0.462. The molecule has 2 aliphatic heterocycles. The van der Waals surface area contributed by atoms with Crippen molar-refractivity contribution >= 4 is 40.1 Å². The largest absolute Gasteiger partial charge is 0.417 e. The number of hydrogen-bond acceptors (Lipinski definition) is 7. The number of hydrogen-bond donors (Lipinski definition) is 1. The lowest BCUT2D eigenvalue weighted by molar-refractivity contribution is -0.137. The number of halogens is 5. The number of aromatic nitrogens is 2. The van der Waals surface area contributed by atoms with Gasteiger partial charge < -0.3 is 19.7 Å². The van der Waals surface area contributed by atoms with Crippen molar-refractivity contribution in [3.63, 3.8) is 0 Å². The smallest absolute Gasteiger partial charge is 0.359 e. The van der Waals surface area contributed by atoms with Gasteiger partial charge in [0.25, 0.3) is 0 Å². The number of methoxy groups -OCH3 is 1. The third-order valence-corrected chi connectivity index (χ3v) is 8.34. The molecule has 210 valence electrons. The standard InChI is InChI=1S/C26H27ClF4N4O3S/c1-13-8-34(9-14(2)32-13)24-17-7-18(26(29,30)31)21(15-4-5-20(28)19(27)6-15)23-22(17)35(25(36)33-24)16(11-39-23)10-38-12-37-3/h4-7,13-14,16,32H,8-12H2,1-3H3/t13-,14+,16-/m0/s1. The van der Waals surface area contributed by atoms with Crippen molar-refractivity contribution in [2.45, 2.75) is 43.0 Å². The van der Waals surface area contributed by atoms with E-state index in [1.165, 1.54) is 35.6 Å². The Morgan fingerprint density at radius 1 is 1.21 bits per heavy atom. The summed E-state index contributed by atoms with van der Waals surface area (Å²) in [5.74, 6) is -0.268. The van der Waals surface area contributed by atoms with Gasteiger partial charge in [-0.05, 0) is 37.6 Å². The molecule has 0 saturated carbocycles. The number of nitrogens with one attached hydrogen (secondary N) is 1. The molecule has 13 heteroatoms. The molecule has 3 atom stereocenters. The highest BCUT2D eigenvalue weighted by Gasteiger charge is 2.39. The summed E-state index contributed by atoms with van der Waals surface area (Å²) in [4.78, 5) is 20.0. The Bertz CT molecular complexity index is 1460. The summed E-state index contributed by atoms with van der Waals surface area (Å²) >= 11 is 7.19. The fourth-order valence-electron chi connectivity index (χ4n) is 5.38. The van der Waals surface area contributed by atoms with Gasteiger partial charge in [-0.3, -0.25) is 4.57 Å². The number of thioether (sulfide) groups is 1. The highest BCUT2D eigenvalue weighted by molar-refractivity contribution is 7.99. The molecule has 1 N–H and O–H groups in total. The molecule has 0 spiro atoms. The second-order valence-electron chi connectivity index (χ2n) is 9.85. The van der Waals surface area contributed by atoms with Gasteiger partial charge in [0.1, 0.15) is 18.4 Å². The van der Waals surface area contributed by atoms with Crippen LogP contribution >= 0.6 is 23.4 Å². The average molecular weight is 587 g/mol. The number of ether oxygens (including phenoxy) is 2. The molecular weight excluding hydrogens is 560 g/mol. The first-order chi connectivity index (χ1) is 18.5. The predicted molar refractivity (Wildman–Crippen MR) is 143 cm³/mol. The lowest BCUT2D eigenvalue weighted by atomic mass is 9.95. The SMILES string of the molecule is COCOC[C@H]1CSc2c(-c3ccc(F)c(Cl)c3)c(C(F)(F)F)cc3c(N4C[C@@H](C)N[C@@H](C)C4)nc(=O)n1c23. The zero-order chi connectivity index (χ0) is 28.1. The van der Waals surface area contributed by atoms with Crippen LogP contribution in [0.25, 0.3) is 22.0 Å². The number of nitrogens with zero attached hydrogens (tertiary/aromatic N) is 3. The summed E-state index contributed by atoms with van der Waals surface area (Å²) < 4.78 is 69.9. The zero-order valence-electron chi connectivity index (χ0n) is 21.4. The van der Waals surface area contributed by atoms with Crippen LogP contribution in [0.3, 0.4) is 0 Å². The topological polar surface area (TPSA) is 68.6 Å². The molecule has 39 heavy (non-hydrogen) atoms. The first-order valence-electron chi connectivity index (χ1n) is 12.4. The minimum absolute atomic E-state index is 0.000321. The maximum atomic E-state index is 14.7. The molecule has 0 amide bonds. The van der Waals surface area contributed by atoms with Gasteiger partial charge in [0.15, 0.2) is 0 Å². The Morgan fingerprint density at radius 3 is 2.56 bits per heavy atom. The van der Waals surface area contributed by atoms with Crippen LogP contribution in [0.1, 0.15) is 25.5 Å². The van der Waals surface area contributed by atoms with E-state index in [0.29, 0.717) is 18.6 Å². The minimum atomic E-state index is -4.75. The van der Waals surface area contributed by atoms with E-state index in [9.17, 15) is 22.4 Å². The minimum Gasteiger partial charge on any atom is -0.359 e.